The Bertz CT molecular complexity index is 946. The van der Waals surface area contributed by atoms with Crippen LogP contribution < -0.4 is 10.6 Å². The average molecular weight is 412 g/mol. The molecule has 3 aromatic rings. The molecule has 0 atom stereocenters. The normalized spacial score (nSPS) is 10.6. The summed E-state index contributed by atoms with van der Waals surface area (Å²) in [6, 6.07) is 17.9. The minimum absolute atomic E-state index is 0.225. The van der Waals surface area contributed by atoms with Gasteiger partial charge in [-0.2, -0.15) is 0 Å². The molecule has 0 saturated heterocycles. The van der Waals surface area contributed by atoms with E-state index in [0.29, 0.717) is 6.54 Å². The molecule has 134 valence electrons. The summed E-state index contributed by atoms with van der Waals surface area (Å²) in [6.07, 6.45) is 0. The second-order valence-electron chi connectivity index (χ2n) is 6.36. The number of carbonyl (C=O) groups excluding carboxylic acids is 1. The van der Waals surface area contributed by atoms with Crippen molar-refractivity contribution in [3.8, 4) is 5.69 Å². The molecular weight excluding hydrogens is 390 g/mol. The second kappa shape index (κ2) is 7.79. The summed E-state index contributed by atoms with van der Waals surface area (Å²) in [5.41, 5.74) is 6.50. The molecule has 0 bridgehead atoms. The molecular formula is C21H22BrN3O. The molecule has 0 saturated carbocycles. The third-order valence-electron chi connectivity index (χ3n) is 4.36. The molecule has 5 heteroatoms. The minimum atomic E-state index is -0.225. The maximum absolute atomic E-state index is 12.2. The SMILES string of the molecule is Cc1cccc(-n2c(C)cc(CNC(=O)Nc3ccccc3Br)c2C)c1. The first-order valence-corrected chi connectivity index (χ1v) is 9.29. The van der Waals surface area contributed by atoms with E-state index in [4.69, 9.17) is 0 Å². The predicted molar refractivity (Wildman–Crippen MR) is 110 cm³/mol. The van der Waals surface area contributed by atoms with Gasteiger partial charge >= 0.3 is 6.03 Å². The highest BCUT2D eigenvalue weighted by atomic mass is 79.9. The number of rotatable bonds is 4. The van der Waals surface area contributed by atoms with Crippen molar-refractivity contribution in [1.29, 1.82) is 0 Å². The number of para-hydroxylation sites is 1. The molecule has 3 rings (SSSR count). The van der Waals surface area contributed by atoms with Crippen LogP contribution in [-0.4, -0.2) is 10.6 Å². The molecule has 0 radical (unpaired) electrons. The molecule has 2 amide bonds. The molecule has 1 heterocycles. The van der Waals surface area contributed by atoms with Crippen LogP contribution in [0.25, 0.3) is 5.69 Å². The van der Waals surface area contributed by atoms with Gasteiger partial charge in [0.05, 0.1) is 5.69 Å². The average Bonchev–Trinajstić information content (AvgIpc) is 2.89. The van der Waals surface area contributed by atoms with Gasteiger partial charge in [-0.15, -0.1) is 0 Å². The Kier molecular flexibility index (Phi) is 5.47. The molecule has 0 unspecified atom stereocenters. The van der Waals surface area contributed by atoms with Crippen molar-refractivity contribution in [2.45, 2.75) is 27.3 Å². The summed E-state index contributed by atoms with van der Waals surface area (Å²) in [5.74, 6) is 0. The zero-order chi connectivity index (χ0) is 18.7. The van der Waals surface area contributed by atoms with Gasteiger partial charge in [0.1, 0.15) is 0 Å². The number of hydrogen-bond acceptors (Lipinski definition) is 1. The molecule has 2 N–H and O–H groups in total. The van der Waals surface area contributed by atoms with Gasteiger partial charge < -0.3 is 15.2 Å². The zero-order valence-electron chi connectivity index (χ0n) is 15.1. The lowest BCUT2D eigenvalue weighted by Crippen LogP contribution is -2.28. The number of hydrogen-bond donors (Lipinski definition) is 2. The Morgan fingerprint density at radius 2 is 1.81 bits per heavy atom. The minimum Gasteiger partial charge on any atom is -0.334 e. The molecule has 2 aromatic carbocycles. The second-order valence-corrected chi connectivity index (χ2v) is 7.21. The number of nitrogens with one attached hydrogen (secondary N) is 2. The van der Waals surface area contributed by atoms with E-state index in [-0.39, 0.29) is 6.03 Å². The molecule has 26 heavy (non-hydrogen) atoms. The number of amides is 2. The fraction of sp³-hybridized carbons (Fsp3) is 0.190. The van der Waals surface area contributed by atoms with E-state index in [0.717, 1.165) is 32.8 Å². The van der Waals surface area contributed by atoms with Gasteiger partial charge in [-0.3, -0.25) is 0 Å². The van der Waals surface area contributed by atoms with Gasteiger partial charge in [0, 0.05) is 28.1 Å². The Labute approximate surface area is 162 Å². The van der Waals surface area contributed by atoms with Crippen LogP contribution in [-0.2, 0) is 6.54 Å². The van der Waals surface area contributed by atoms with Crippen molar-refractivity contribution in [3.63, 3.8) is 0 Å². The van der Waals surface area contributed by atoms with Crippen molar-refractivity contribution in [2.75, 3.05) is 5.32 Å². The first-order chi connectivity index (χ1) is 12.5. The number of aromatic nitrogens is 1. The number of urea groups is 1. The first-order valence-electron chi connectivity index (χ1n) is 8.50. The lowest BCUT2D eigenvalue weighted by molar-refractivity contribution is 0.251. The van der Waals surface area contributed by atoms with Crippen LogP contribution in [0.1, 0.15) is 22.5 Å². The molecule has 1 aromatic heterocycles. The Morgan fingerprint density at radius 3 is 2.54 bits per heavy atom. The predicted octanol–water partition coefficient (Wildman–Crippen LogP) is 5.49. The van der Waals surface area contributed by atoms with Crippen molar-refractivity contribution in [2.24, 2.45) is 0 Å². The fourth-order valence-corrected chi connectivity index (χ4v) is 3.46. The lowest BCUT2D eigenvalue weighted by atomic mass is 10.2. The highest BCUT2D eigenvalue weighted by Crippen LogP contribution is 2.22. The van der Waals surface area contributed by atoms with E-state index < -0.39 is 0 Å². The van der Waals surface area contributed by atoms with Crippen molar-refractivity contribution < 1.29 is 4.79 Å². The topological polar surface area (TPSA) is 46.1 Å². The van der Waals surface area contributed by atoms with E-state index in [9.17, 15) is 4.79 Å². The highest BCUT2D eigenvalue weighted by molar-refractivity contribution is 9.10. The van der Waals surface area contributed by atoms with Crippen LogP contribution in [0.4, 0.5) is 10.5 Å². The third kappa shape index (κ3) is 3.99. The van der Waals surface area contributed by atoms with Gasteiger partial charge in [0.25, 0.3) is 0 Å². The largest absolute Gasteiger partial charge is 0.334 e. The smallest absolute Gasteiger partial charge is 0.319 e. The maximum atomic E-state index is 12.2. The van der Waals surface area contributed by atoms with Gasteiger partial charge in [-0.1, -0.05) is 24.3 Å². The lowest BCUT2D eigenvalue weighted by Gasteiger charge is -2.12. The summed E-state index contributed by atoms with van der Waals surface area (Å²) in [5, 5.41) is 5.79. The summed E-state index contributed by atoms with van der Waals surface area (Å²) >= 11 is 3.43. The molecule has 0 spiro atoms. The number of anilines is 1. The van der Waals surface area contributed by atoms with Crippen LogP contribution in [0.5, 0.6) is 0 Å². The fourth-order valence-electron chi connectivity index (χ4n) is 3.08. The van der Waals surface area contributed by atoms with E-state index in [2.05, 4.69) is 82.2 Å². The Hall–Kier alpha value is -2.53. The number of carbonyl (C=O) groups is 1. The third-order valence-corrected chi connectivity index (χ3v) is 5.05. The summed E-state index contributed by atoms with van der Waals surface area (Å²) < 4.78 is 3.07. The quantitative estimate of drug-likeness (QED) is 0.585. The Balaban J connectivity index is 1.72. The molecule has 4 nitrogen and oxygen atoms in total. The van der Waals surface area contributed by atoms with Crippen molar-refractivity contribution in [3.05, 3.63) is 81.6 Å². The van der Waals surface area contributed by atoms with Crippen molar-refractivity contribution >= 4 is 27.6 Å². The van der Waals surface area contributed by atoms with Crippen molar-refractivity contribution in [1.82, 2.24) is 9.88 Å². The molecule has 0 fully saturated rings. The highest BCUT2D eigenvalue weighted by Gasteiger charge is 2.12. The standard InChI is InChI=1S/C21H22BrN3O/c1-14-7-6-8-18(11-14)25-15(2)12-17(16(25)3)13-23-21(26)24-20-10-5-4-9-19(20)22/h4-12H,13H2,1-3H3,(H2,23,24,26). The van der Waals surface area contributed by atoms with Gasteiger partial charge in [-0.25, -0.2) is 4.79 Å². The monoisotopic (exact) mass is 411 g/mol. The van der Waals surface area contributed by atoms with Crippen LogP contribution in [0, 0.1) is 20.8 Å². The number of nitrogens with zero attached hydrogens (tertiary/aromatic N) is 1. The van der Waals surface area contributed by atoms with Crippen LogP contribution >= 0.6 is 15.9 Å². The molecule has 0 aliphatic carbocycles. The van der Waals surface area contributed by atoms with Gasteiger partial charge in [0.15, 0.2) is 0 Å². The maximum Gasteiger partial charge on any atom is 0.319 e. The summed E-state index contributed by atoms with van der Waals surface area (Å²) in [7, 11) is 0. The zero-order valence-corrected chi connectivity index (χ0v) is 16.7. The Morgan fingerprint density at radius 1 is 1.04 bits per heavy atom. The van der Waals surface area contributed by atoms with Gasteiger partial charge in [-0.05, 0) is 78.2 Å². The summed E-state index contributed by atoms with van der Waals surface area (Å²) in [4.78, 5) is 12.2. The number of halogens is 1. The van der Waals surface area contributed by atoms with Crippen LogP contribution in [0.2, 0.25) is 0 Å². The van der Waals surface area contributed by atoms with Crippen LogP contribution in [0.15, 0.2) is 59.1 Å². The molecule has 0 aliphatic rings. The van der Waals surface area contributed by atoms with Gasteiger partial charge in [0.2, 0.25) is 0 Å². The number of aryl methyl sites for hydroxylation is 2. The van der Waals surface area contributed by atoms with E-state index in [1.54, 1.807) is 0 Å². The van der Waals surface area contributed by atoms with E-state index >= 15 is 0 Å². The number of benzene rings is 2. The summed E-state index contributed by atoms with van der Waals surface area (Å²) in [6.45, 7) is 6.73. The van der Waals surface area contributed by atoms with E-state index in [1.165, 1.54) is 5.56 Å². The first kappa shape index (κ1) is 18.3. The molecule has 0 aliphatic heterocycles. The van der Waals surface area contributed by atoms with E-state index in [1.807, 2.05) is 24.3 Å². The van der Waals surface area contributed by atoms with Crippen LogP contribution in [0.3, 0.4) is 0 Å².